The number of alkyl halides is 3. The summed E-state index contributed by atoms with van der Waals surface area (Å²) in [6, 6.07) is -0.0538. The molecule has 4 fully saturated rings. The fourth-order valence-corrected chi connectivity index (χ4v) is 6.78. The Morgan fingerprint density at radius 1 is 1.05 bits per heavy atom. The Labute approximate surface area is 125 Å². The first kappa shape index (κ1) is 15.6. The summed E-state index contributed by atoms with van der Waals surface area (Å²) in [7, 11) is 0. The lowest BCUT2D eigenvalue weighted by atomic mass is 9.39. The molecule has 21 heavy (non-hydrogen) atoms. The summed E-state index contributed by atoms with van der Waals surface area (Å²) in [5, 5.41) is 0. The quantitative estimate of drug-likeness (QED) is 0.773. The van der Waals surface area contributed by atoms with E-state index in [0.717, 1.165) is 25.2 Å². The Balaban J connectivity index is 1.69. The highest BCUT2D eigenvalue weighted by Gasteiger charge is 2.61. The lowest BCUT2D eigenvalue weighted by Gasteiger charge is -2.67. The molecule has 0 heterocycles. The van der Waals surface area contributed by atoms with Crippen LogP contribution in [-0.4, -0.2) is 12.2 Å². The van der Waals surface area contributed by atoms with E-state index in [1.54, 1.807) is 0 Å². The molecule has 0 aromatic heterocycles. The first-order chi connectivity index (χ1) is 9.53. The monoisotopic (exact) mass is 303 g/mol. The maximum absolute atomic E-state index is 12.3. The van der Waals surface area contributed by atoms with Gasteiger partial charge >= 0.3 is 6.18 Å². The first-order valence-electron chi connectivity index (χ1n) is 8.36. The Hall–Kier alpha value is -0.250. The van der Waals surface area contributed by atoms with Gasteiger partial charge in [0.2, 0.25) is 0 Å². The van der Waals surface area contributed by atoms with Crippen LogP contribution in [0.15, 0.2) is 0 Å². The Bertz CT molecular complexity index is 399. The van der Waals surface area contributed by atoms with Crippen molar-refractivity contribution in [3.63, 3.8) is 0 Å². The van der Waals surface area contributed by atoms with Crippen LogP contribution in [-0.2, 0) is 0 Å². The third kappa shape index (κ3) is 2.97. The molecular formula is C17H28F3N. The van der Waals surface area contributed by atoms with Gasteiger partial charge in [0.25, 0.3) is 0 Å². The van der Waals surface area contributed by atoms with Crippen molar-refractivity contribution < 1.29 is 13.2 Å². The highest BCUT2D eigenvalue weighted by Crippen LogP contribution is 2.70. The van der Waals surface area contributed by atoms with Crippen LogP contribution < -0.4 is 5.73 Å². The lowest BCUT2D eigenvalue weighted by molar-refractivity contribution is -0.157. The van der Waals surface area contributed by atoms with Crippen LogP contribution in [0.2, 0.25) is 0 Å². The molecule has 0 spiro atoms. The van der Waals surface area contributed by atoms with Crippen molar-refractivity contribution in [3.05, 3.63) is 0 Å². The van der Waals surface area contributed by atoms with Crippen LogP contribution in [0.25, 0.3) is 0 Å². The van der Waals surface area contributed by atoms with E-state index in [0.29, 0.717) is 17.3 Å². The van der Waals surface area contributed by atoms with Gasteiger partial charge < -0.3 is 5.73 Å². The fourth-order valence-electron chi connectivity index (χ4n) is 6.78. The summed E-state index contributed by atoms with van der Waals surface area (Å²) in [6.45, 7) is 4.76. The molecule has 4 aliphatic rings. The third-order valence-electron chi connectivity index (χ3n) is 6.43. The SMILES string of the molecule is CC12CC3CC(C)(C1)CC(C(N)CCCC(F)(F)F)(C3)C2. The maximum Gasteiger partial charge on any atom is 0.389 e. The minimum atomic E-state index is -4.04. The van der Waals surface area contributed by atoms with Gasteiger partial charge in [0, 0.05) is 12.5 Å². The number of hydrogen-bond acceptors (Lipinski definition) is 1. The van der Waals surface area contributed by atoms with Crippen LogP contribution in [0.1, 0.15) is 71.6 Å². The van der Waals surface area contributed by atoms with Crippen LogP contribution in [0.3, 0.4) is 0 Å². The molecular weight excluding hydrogens is 275 g/mol. The van der Waals surface area contributed by atoms with Crippen molar-refractivity contribution in [2.24, 2.45) is 27.9 Å². The largest absolute Gasteiger partial charge is 0.389 e. The van der Waals surface area contributed by atoms with Gasteiger partial charge in [-0.15, -0.1) is 0 Å². The minimum absolute atomic E-state index is 0.0538. The number of hydrogen-bond donors (Lipinski definition) is 1. The average molecular weight is 303 g/mol. The van der Waals surface area contributed by atoms with E-state index in [1.165, 1.54) is 19.3 Å². The van der Waals surface area contributed by atoms with E-state index in [-0.39, 0.29) is 17.9 Å². The molecule has 4 bridgehead atoms. The smallest absolute Gasteiger partial charge is 0.327 e. The van der Waals surface area contributed by atoms with Crippen molar-refractivity contribution in [3.8, 4) is 0 Å². The van der Waals surface area contributed by atoms with Crippen molar-refractivity contribution in [1.82, 2.24) is 0 Å². The predicted molar refractivity (Wildman–Crippen MR) is 77.7 cm³/mol. The summed E-state index contributed by atoms with van der Waals surface area (Å²) in [6.07, 6.45) is 3.31. The highest BCUT2D eigenvalue weighted by atomic mass is 19.4. The Morgan fingerprint density at radius 3 is 2.10 bits per heavy atom. The van der Waals surface area contributed by atoms with Crippen LogP contribution in [0.5, 0.6) is 0 Å². The molecule has 4 aliphatic carbocycles. The molecule has 2 N–H and O–H groups in total. The minimum Gasteiger partial charge on any atom is -0.327 e. The van der Waals surface area contributed by atoms with Gasteiger partial charge in [-0.05, 0) is 73.5 Å². The second-order valence-corrected chi connectivity index (χ2v) is 9.11. The summed E-state index contributed by atoms with van der Waals surface area (Å²) in [4.78, 5) is 0. The third-order valence-corrected chi connectivity index (χ3v) is 6.43. The zero-order valence-electron chi connectivity index (χ0n) is 13.2. The molecule has 0 aliphatic heterocycles. The summed E-state index contributed by atoms with van der Waals surface area (Å²) in [5.41, 5.74) is 7.34. The lowest BCUT2D eigenvalue weighted by Crippen LogP contribution is -2.60. The topological polar surface area (TPSA) is 26.0 Å². The van der Waals surface area contributed by atoms with Crippen molar-refractivity contribution in [1.29, 1.82) is 0 Å². The van der Waals surface area contributed by atoms with Crippen LogP contribution in [0, 0.1) is 22.2 Å². The zero-order valence-corrected chi connectivity index (χ0v) is 13.2. The molecule has 3 atom stereocenters. The molecule has 0 aromatic rings. The molecule has 4 heteroatoms. The maximum atomic E-state index is 12.3. The van der Waals surface area contributed by atoms with Crippen LogP contribution >= 0.6 is 0 Å². The molecule has 0 aromatic carbocycles. The van der Waals surface area contributed by atoms with Gasteiger partial charge in [-0.25, -0.2) is 0 Å². The molecule has 0 radical (unpaired) electrons. The van der Waals surface area contributed by atoms with E-state index in [1.807, 2.05) is 0 Å². The van der Waals surface area contributed by atoms with Crippen LogP contribution in [0.4, 0.5) is 13.2 Å². The average Bonchev–Trinajstić information content (AvgIpc) is 2.21. The van der Waals surface area contributed by atoms with Gasteiger partial charge in [-0.1, -0.05) is 13.8 Å². The molecule has 4 saturated carbocycles. The van der Waals surface area contributed by atoms with Gasteiger partial charge in [-0.2, -0.15) is 13.2 Å². The van der Waals surface area contributed by atoms with E-state index < -0.39 is 12.6 Å². The zero-order chi connectivity index (χ0) is 15.5. The summed E-state index contributed by atoms with van der Waals surface area (Å²) in [5.74, 6) is 0.755. The molecule has 4 rings (SSSR count). The fraction of sp³-hybridized carbons (Fsp3) is 1.00. The number of rotatable bonds is 4. The van der Waals surface area contributed by atoms with E-state index in [4.69, 9.17) is 5.73 Å². The van der Waals surface area contributed by atoms with Gasteiger partial charge in [0.05, 0.1) is 0 Å². The van der Waals surface area contributed by atoms with E-state index >= 15 is 0 Å². The molecule has 0 saturated heterocycles. The van der Waals surface area contributed by atoms with Gasteiger partial charge in [0.15, 0.2) is 0 Å². The number of halogens is 3. The summed E-state index contributed by atoms with van der Waals surface area (Å²) < 4.78 is 37.0. The molecule has 0 amide bonds. The van der Waals surface area contributed by atoms with E-state index in [2.05, 4.69) is 13.8 Å². The standard InChI is InChI=1S/C17H28F3N/c1-14-6-12-7-15(2,9-14)11-16(8-12,10-14)13(21)4-3-5-17(18,19)20/h12-13H,3-11,21H2,1-2H3. The van der Waals surface area contributed by atoms with Gasteiger partial charge in [0.1, 0.15) is 0 Å². The van der Waals surface area contributed by atoms with Gasteiger partial charge in [-0.3, -0.25) is 0 Å². The molecule has 1 nitrogen and oxygen atoms in total. The predicted octanol–water partition coefficient (Wildman–Crippen LogP) is 5.04. The highest BCUT2D eigenvalue weighted by molar-refractivity contribution is 5.12. The Kier molecular flexibility index (Phi) is 3.44. The normalized spacial score (nSPS) is 46.9. The number of nitrogens with two attached hydrogens (primary N) is 1. The van der Waals surface area contributed by atoms with Crippen molar-refractivity contribution in [2.75, 3.05) is 0 Å². The Morgan fingerprint density at radius 2 is 1.62 bits per heavy atom. The van der Waals surface area contributed by atoms with Crippen molar-refractivity contribution in [2.45, 2.75) is 83.9 Å². The summed E-state index contributed by atoms with van der Waals surface area (Å²) >= 11 is 0. The second-order valence-electron chi connectivity index (χ2n) is 9.11. The van der Waals surface area contributed by atoms with E-state index in [9.17, 15) is 13.2 Å². The molecule has 3 unspecified atom stereocenters. The molecule has 122 valence electrons. The first-order valence-corrected chi connectivity index (χ1v) is 8.36. The second kappa shape index (κ2) is 4.62. The van der Waals surface area contributed by atoms with Crippen molar-refractivity contribution >= 4 is 0 Å².